The minimum absolute atomic E-state index is 0.157. The number of hydrogen-bond donors (Lipinski definition) is 1. The third-order valence-corrected chi connectivity index (χ3v) is 7.02. The lowest BCUT2D eigenvalue weighted by molar-refractivity contribution is -0.132. The molecule has 0 saturated carbocycles. The van der Waals surface area contributed by atoms with Gasteiger partial charge < -0.3 is 19.7 Å². The number of rotatable bonds is 3. The maximum atomic E-state index is 13.6. The van der Waals surface area contributed by atoms with Gasteiger partial charge in [-0.15, -0.1) is 0 Å². The number of anilines is 1. The topological polar surface area (TPSA) is 54.0 Å². The van der Waals surface area contributed by atoms with Crippen molar-refractivity contribution in [3.8, 4) is 11.5 Å². The van der Waals surface area contributed by atoms with E-state index in [0.717, 1.165) is 48.7 Å². The number of ether oxygens (including phenoxy) is 2. The minimum atomic E-state index is 0.157. The second-order valence-corrected chi connectivity index (χ2v) is 9.44. The number of para-hydroxylation sites is 1. The van der Waals surface area contributed by atoms with Crippen LogP contribution in [0.3, 0.4) is 0 Å². The summed E-state index contributed by atoms with van der Waals surface area (Å²) in [5.41, 5.74) is 3.28. The van der Waals surface area contributed by atoms with Gasteiger partial charge in [0.25, 0.3) is 0 Å². The summed E-state index contributed by atoms with van der Waals surface area (Å²) >= 11 is 0. The van der Waals surface area contributed by atoms with Crippen molar-refractivity contribution >= 4 is 11.6 Å². The van der Waals surface area contributed by atoms with E-state index in [1.807, 2.05) is 18.2 Å². The van der Waals surface area contributed by atoms with Crippen LogP contribution in [-0.2, 0) is 17.8 Å². The van der Waals surface area contributed by atoms with Crippen LogP contribution in [-0.4, -0.2) is 53.7 Å². The first kappa shape index (κ1) is 21.1. The van der Waals surface area contributed by atoms with Crippen LogP contribution in [0, 0.1) is 0 Å². The van der Waals surface area contributed by atoms with Gasteiger partial charge in [0, 0.05) is 43.4 Å². The predicted molar refractivity (Wildman–Crippen MR) is 125 cm³/mol. The number of carbonyl (C=O) groups is 1. The lowest BCUT2D eigenvalue weighted by atomic mass is 10.1. The summed E-state index contributed by atoms with van der Waals surface area (Å²) in [6.07, 6.45) is 3.85. The van der Waals surface area contributed by atoms with Crippen molar-refractivity contribution in [3.05, 3.63) is 53.6 Å². The SMILES string of the molecule is CC(C)N1[C@H]2CCNc3ccccc3CN(C(=O)Cc3ccc4c(c3)OCO4)C[C@@H]1CC2. The molecule has 0 unspecified atom stereocenters. The Balaban J connectivity index is 1.42. The van der Waals surface area contributed by atoms with E-state index in [9.17, 15) is 4.79 Å². The summed E-state index contributed by atoms with van der Waals surface area (Å²) in [5.74, 6) is 1.64. The Morgan fingerprint density at radius 2 is 1.88 bits per heavy atom. The second-order valence-electron chi connectivity index (χ2n) is 9.44. The third kappa shape index (κ3) is 4.29. The molecule has 170 valence electrons. The van der Waals surface area contributed by atoms with Crippen molar-refractivity contribution in [1.82, 2.24) is 9.80 Å². The Kier molecular flexibility index (Phi) is 5.96. The number of benzene rings is 2. The zero-order valence-corrected chi connectivity index (χ0v) is 19.0. The number of nitrogens with zero attached hydrogens (tertiary/aromatic N) is 2. The van der Waals surface area contributed by atoms with Crippen LogP contribution in [0.5, 0.6) is 11.5 Å². The monoisotopic (exact) mass is 435 g/mol. The van der Waals surface area contributed by atoms with Crippen LogP contribution in [0.2, 0.25) is 0 Å². The van der Waals surface area contributed by atoms with Crippen molar-refractivity contribution in [3.63, 3.8) is 0 Å². The molecule has 1 N–H and O–H groups in total. The fraction of sp³-hybridized carbons (Fsp3) is 0.500. The van der Waals surface area contributed by atoms with E-state index in [4.69, 9.17) is 9.47 Å². The standard InChI is InChI=1S/C26H33N3O3/c1-18(2)29-21-8-9-22(29)16-28(15-20-5-3-4-6-23(20)27-12-11-21)26(30)14-19-7-10-24-25(13-19)32-17-31-24/h3-7,10,13,18,21-22,27H,8-9,11-12,14-17H2,1-2H3/t21-,22+/m1/s1. The molecule has 2 atom stereocenters. The highest BCUT2D eigenvalue weighted by Crippen LogP contribution is 2.34. The van der Waals surface area contributed by atoms with Gasteiger partial charge in [0.1, 0.15) is 0 Å². The molecule has 1 saturated heterocycles. The number of fused-ring (bicyclic) bond motifs is 4. The van der Waals surface area contributed by atoms with Crippen LogP contribution >= 0.6 is 0 Å². The summed E-state index contributed by atoms with van der Waals surface area (Å²) in [5, 5.41) is 3.65. The van der Waals surface area contributed by atoms with Gasteiger partial charge in [0.05, 0.1) is 6.42 Å². The molecule has 1 fully saturated rings. The summed E-state index contributed by atoms with van der Waals surface area (Å²) < 4.78 is 10.9. The molecule has 2 aromatic rings. The van der Waals surface area contributed by atoms with Crippen LogP contribution < -0.4 is 14.8 Å². The van der Waals surface area contributed by atoms with Gasteiger partial charge in [0.15, 0.2) is 11.5 Å². The highest BCUT2D eigenvalue weighted by Gasteiger charge is 2.37. The summed E-state index contributed by atoms with van der Waals surface area (Å²) in [4.78, 5) is 18.3. The maximum absolute atomic E-state index is 13.6. The molecule has 6 nitrogen and oxygen atoms in total. The van der Waals surface area contributed by atoms with Crippen molar-refractivity contribution < 1.29 is 14.3 Å². The Bertz CT molecular complexity index is 977. The van der Waals surface area contributed by atoms with Crippen LogP contribution in [0.25, 0.3) is 0 Å². The molecule has 0 radical (unpaired) electrons. The molecule has 3 heterocycles. The first-order chi connectivity index (χ1) is 15.6. The van der Waals surface area contributed by atoms with Crippen LogP contribution in [0.1, 0.15) is 44.2 Å². The fourth-order valence-corrected chi connectivity index (χ4v) is 5.56. The Labute approximate surface area is 190 Å². The first-order valence-electron chi connectivity index (χ1n) is 11.8. The molecule has 0 aliphatic carbocycles. The van der Waals surface area contributed by atoms with Crippen LogP contribution in [0.15, 0.2) is 42.5 Å². The summed E-state index contributed by atoms with van der Waals surface area (Å²) in [6, 6.07) is 15.7. The van der Waals surface area contributed by atoms with E-state index in [-0.39, 0.29) is 12.7 Å². The molecule has 5 rings (SSSR count). The largest absolute Gasteiger partial charge is 0.454 e. The molecule has 6 heteroatoms. The lowest BCUT2D eigenvalue weighted by Gasteiger charge is -2.36. The minimum Gasteiger partial charge on any atom is -0.454 e. The van der Waals surface area contributed by atoms with E-state index < -0.39 is 0 Å². The molecular formula is C26H33N3O3. The highest BCUT2D eigenvalue weighted by atomic mass is 16.7. The Morgan fingerprint density at radius 3 is 2.75 bits per heavy atom. The maximum Gasteiger partial charge on any atom is 0.231 e. The van der Waals surface area contributed by atoms with E-state index in [1.165, 1.54) is 12.0 Å². The van der Waals surface area contributed by atoms with Gasteiger partial charge in [-0.2, -0.15) is 0 Å². The van der Waals surface area contributed by atoms with Gasteiger partial charge in [-0.1, -0.05) is 24.3 Å². The predicted octanol–water partition coefficient (Wildman–Crippen LogP) is 4.04. The molecule has 2 bridgehead atoms. The Morgan fingerprint density at radius 1 is 1.06 bits per heavy atom. The van der Waals surface area contributed by atoms with E-state index >= 15 is 0 Å². The van der Waals surface area contributed by atoms with Gasteiger partial charge in [-0.05, 0) is 62.4 Å². The molecule has 3 aliphatic rings. The molecule has 3 aliphatic heterocycles. The van der Waals surface area contributed by atoms with Gasteiger partial charge in [-0.3, -0.25) is 9.69 Å². The molecular weight excluding hydrogens is 402 g/mol. The number of amides is 1. The summed E-state index contributed by atoms with van der Waals surface area (Å²) in [7, 11) is 0. The molecule has 1 amide bonds. The smallest absolute Gasteiger partial charge is 0.231 e. The van der Waals surface area contributed by atoms with Crippen molar-refractivity contribution in [2.24, 2.45) is 0 Å². The quantitative estimate of drug-likeness (QED) is 0.789. The van der Waals surface area contributed by atoms with E-state index in [1.54, 1.807) is 0 Å². The molecule has 2 aromatic carbocycles. The average Bonchev–Trinajstić information content (AvgIpc) is 3.39. The number of carbonyl (C=O) groups excluding carboxylic acids is 1. The lowest BCUT2D eigenvalue weighted by Crippen LogP contribution is -2.48. The van der Waals surface area contributed by atoms with Crippen molar-refractivity contribution in [2.45, 2.75) is 64.2 Å². The molecule has 32 heavy (non-hydrogen) atoms. The molecule has 0 spiro atoms. The first-order valence-corrected chi connectivity index (χ1v) is 11.8. The third-order valence-electron chi connectivity index (χ3n) is 7.02. The van der Waals surface area contributed by atoms with E-state index in [2.05, 4.69) is 53.2 Å². The Hall–Kier alpha value is -2.73. The number of nitrogens with one attached hydrogen (secondary N) is 1. The van der Waals surface area contributed by atoms with Gasteiger partial charge in [-0.25, -0.2) is 0 Å². The van der Waals surface area contributed by atoms with Crippen molar-refractivity contribution in [2.75, 3.05) is 25.2 Å². The summed E-state index contributed by atoms with van der Waals surface area (Å²) in [6.45, 7) is 7.17. The van der Waals surface area contributed by atoms with Crippen molar-refractivity contribution in [1.29, 1.82) is 0 Å². The van der Waals surface area contributed by atoms with Crippen LogP contribution in [0.4, 0.5) is 5.69 Å². The van der Waals surface area contributed by atoms with Gasteiger partial charge >= 0.3 is 0 Å². The van der Waals surface area contributed by atoms with E-state index in [0.29, 0.717) is 31.1 Å². The fourth-order valence-electron chi connectivity index (χ4n) is 5.56. The number of hydrogen-bond acceptors (Lipinski definition) is 5. The zero-order valence-electron chi connectivity index (χ0n) is 19.0. The second kappa shape index (κ2) is 9.02. The molecule has 0 aromatic heterocycles. The van der Waals surface area contributed by atoms with Gasteiger partial charge in [0.2, 0.25) is 12.7 Å². The average molecular weight is 436 g/mol. The zero-order chi connectivity index (χ0) is 22.1. The normalized spacial score (nSPS) is 22.9. The highest BCUT2D eigenvalue weighted by molar-refractivity contribution is 5.79.